The van der Waals surface area contributed by atoms with Crippen LogP contribution in [0.2, 0.25) is 0 Å². The third-order valence-corrected chi connectivity index (χ3v) is 5.00. The number of nitrogens with one attached hydrogen (secondary N) is 1. The van der Waals surface area contributed by atoms with E-state index in [4.69, 9.17) is 0 Å². The van der Waals surface area contributed by atoms with Crippen molar-refractivity contribution in [2.45, 2.75) is 56.1 Å². The highest BCUT2D eigenvalue weighted by molar-refractivity contribution is 7.89. The van der Waals surface area contributed by atoms with E-state index in [9.17, 15) is 13.5 Å². The van der Waals surface area contributed by atoms with E-state index < -0.39 is 10.0 Å². The molecule has 19 heavy (non-hydrogen) atoms. The Labute approximate surface area is 114 Å². The second-order valence-corrected chi connectivity index (χ2v) is 7.93. The first-order valence-corrected chi connectivity index (χ1v) is 7.98. The van der Waals surface area contributed by atoms with Crippen molar-refractivity contribution < 1.29 is 13.5 Å². The van der Waals surface area contributed by atoms with Crippen molar-refractivity contribution >= 4 is 10.0 Å². The summed E-state index contributed by atoms with van der Waals surface area (Å²) in [4.78, 5) is 0.280. The molecule has 1 aliphatic carbocycles. The lowest BCUT2D eigenvalue weighted by Gasteiger charge is -2.31. The van der Waals surface area contributed by atoms with E-state index in [0.29, 0.717) is 12.8 Å². The Hall–Kier alpha value is -0.910. The van der Waals surface area contributed by atoms with Crippen molar-refractivity contribution in [1.29, 1.82) is 0 Å². The second-order valence-electron chi connectivity index (χ2n) is 6.22. The number of aliphatic hydroxyl groups excluding tert-OH is 1. The van der Waals surface area contributed by atoms with E-state index in [1.807, 2.05) is 12.1 Å². The monoisotopic (exact) mass is 283 g/mol. The minimum absolute atomic E-state index is 0.00774. The summed E-state index contributed by atoms with van der Waals surface area (Å²) in [7, 11) is -3.47. The van der Waals surface area contributed by atoms with Gasteiger partial charge in [0.15, 0.2) is 0 Å². The van der Waals surface area contributed by atoms with Gasteiger partial charge in [-0.1, -0.05) is 32.9 Å². The molecular weight excluding hydrogens is 262 g/mol. The Morgan fingerprint density at radius 3 is 2.11 bits per heavy atom. The van der Waals surface area contributed by atoms with Gasteiger partial charge in [-0.05, 0) is 36.0 Å². The van der Waals surface area contributed by atoms with Crippen LogP contribution >= 0.6 is 0 Å². The SMILES string of the molecule is CC(C)(C)c1ccc(S(=O)(=O)NC2CC(O)C2)cc1. The lowest BCUT2D eigenvalue weighted by atomic mass is 9.87. The van der Waals surface area contributed by atoms with Gasteiger partial charge in [-0.15, -0.1) is 0 Å². The van der Waals surface area contributed by atoms with Gasteiger partial charge in [-0.3, -0.25) is 0 Å². The number of rotatable bonds is 3. The van der Waals surface area contributed by atoms with Crippen molar-refractivity contribution in [2.75, 3.05) is 0 Å². The molecule has 0 spiro atoms. The summed E-state index contributed by atoms with van der Waals surface area (Å²) in [5.41, 5.74) is 1.11. The molecule has 2 N–H and O–H groups in total. The lowest BCUT2D eigenvalue weighted by Crippen LogP contribution is -2.46. The molecule has 0 radical (unpaired) electrons. The predicted octanol–water partition coefficient (Wildman–Crippen LogP) is 1.79. The molecule has 106 valence electrons. The van der Waals surface area contributed by atoms with E-state index in [-0.39, 0.29) is 22.5 Å². The lowest BCUT2D eigenvalue weighted by molar-refractivity contribution is 0.0712. The molecule has 2 rings (SSSR count). The average molecular weight is 283 g/mol. The van der Waals surface area contributed by atoms with Crippen LogP contribution in [0.15, 0.2) is 29.2 Å². The Bertz CT molecular complexity index is 537. The maximum atomic E-state index is 12.1. The van der Waals surface area contributed by atoms with Gasteiger partial charge in [-0.25, -0.2) is 13.1 Å². The van der Waals surface area contributed by atoms with E-state index in [0.717, 1.165) is 5.56 Å². The zero-order valence-corrected chi connectivity index (χ0v) is 12.4. The molecule has 0 aromatic heterocycles. The Morgan fingerprint density at radius 1 is 1.16 bits per heavy atom. The van der Waals surface area contributed by atoms with E-state index in [1.54, 1.807) is 12.1 Å². The van der Waals surface area contributed by atoms with Crippen LogP contribution in [0.5, 0.6) is 0 Å². The fourth-order valence-electron chi connectivity index (χ4n) is 2.11. The second kappa shape index (κ2) is 4.89. The minimum Gasteiger partial charge on any atom is -0.393 e. The van der Waals surface area contributed by atoms with Gasteiger partial charge >= 0.3 is 0 Å². The number of aliphatic hydroxyl groups is 1. The molecule has 0 saturated heterocycles. The zero-order valence-electron chi connectivity index (χ0n) is 11.6. The summed E-state index contributed by atoms with van der Waals surface area (Å²) >= 11 is 0. The largest absolute Gasteiger partial charge is 0.393 e. The number of hydrogen-bond acceptors (Lipinski definition) is 3. The maximum absolute atomic E-state index is 12.1. The molecule has 0 atom stereocenters. The molecule has 1 fully saturated rings. The minimum atomic E-state index is -3.47. The van der Waals surface area contributed by atoms with Gasteiger partial charge in [0.05, 0.1) is 11.0 Å². The molecule has 1 aromatic carbocycles. The highest BCUT2D eigenvalue weighted by Crippen LogP contribution is 2.25. The molecular formula is C14H21NO3S. The van der Waals surface area contributed by atoms with Crippen LogP contribution in [-0.2, 0) is 15.4 Å². The van der Waals surface area contributed by atoms with E-state index in [2.05, 4.69) is 25.5 Å². The van der Waals surface area contributed by atoms with E-state index in [1.165, 1.54) is 0 Å². The molecule has 5 heteroatoms. The summed E-state index contributed by atoms with van der Waals surface area (Å²) in [6.07, 6.45) is 0.634. The highest BCUT2D eigenvalue weighted by atomic mass is 32.2. The number of hydrogen-bond donors (Lipinski definition) is 2. The molecule has 4 nitrogen and oxygen atoms in total. The van der Waals surface area contributed by atoms with Gasteiger partial charge in [0.1, 0.15) is 0 Å². The van der Waals surface area contributed by atoms with Crippen molar-refractivity contribution in [2.24, 2.45) is 0 Å². The summed E-state index contributed by atoms with van der Waals surface area (Å²) in [5, 5.41) is 9.18. The van der Waals surface area contributed by atoms with Crippen molar-refractivity contribution in [3.8, 4) is 0 Å². The fourth-order valence-corrected chi connectivity index (χ4v) is 3.37. The normalized spacial score (nSPS) is 24.0. The molecule has 0 unspecified atom stereocenters. The van der Waals surface area contributed by atoms with Crippen molar-refractivity contribution in [3.05, 3.63) is 29.8 Å². The molecule has 0 amide bonds. The van der Waals surface area contributed by atoms with Gasteiger partial charge in [0.2, 0.25) is 10.0 Å². The summed E-state index contributed by atoms with van der Waals surface area (Å²) in [6.45, 7) is 6.26. The molecule has 1 aromatic rings. The first kappa shape index (κ1) is 14.5. The Balaban J connectivity index is 2.13. The highest BCUT2D eigenvalue weighted by Gasteiger charge is 2.31. The molecule has 0 bridgehead atoms. The number of sulfonamides is 1. The Kier molecular flexibility index (Phi) is 3.73. The van der Waals surface area contributed by atoms with Crippen LogP contribution in [0.4, 0.5) is 0 Å². The van der Waals surface area contributed by atoms with Crippen LogP contribution < -0.4 is 4.72 Å². The van der Waals surface area contributed by atoms with Gasteiger partial charge < -0.3 is 5.11 Å². The van der Waals surface area contributed by atoms with Crippen LogP contribution in [0.3, 0.4) is 0 Å². The summed E-state index contributed by atoms with van der Waals surface area (Å²) in [5.74, 6) is 0. The first-order chi connectivity index (χ1) is 8.68. The van der Waals surface area contributed by atoms with Crippen LogP contribution in [0.25, 0.3) is 0 Å². The molecule has 1 aliphatic rings. The van der Waals surface area contributed by atoms with Crippen molar-refractivity contribution in [1.82, 2.24) is 4.72 Å². The summed E-state index contributed by atoms with van der Waals surface area (Å²) < 4.78 is 26.8. The topological polar surface area (TPSA) is 66.4 Å². The predicted molar refractivity (Wildman–Crippen MR) is 74.5 cm³/mol. The smallest absolute Gasteiger partial charge is 0.240 e. The standard InChI is InChI=1S/C14H21NO3S/c1-14(2,3)10-4-6-13(7-5-10)19(17,18)15-11-8-12(16)9-11/h4-7,11-12,15-16H,8-9H2,1-3H3. The van der Waals surface area contributed by atoms with Gasteiger partial charge in [0.25, 0.3) is 0 Å². The van der Waals surface area contributed by atoms with Gasteiger partial charge in [0, 0.05) is 6.04 Å². The molecule has 0 heterocycles. The van der Waals surface area contributed by atoms with Crippen LogP contribution in [0, 0.1) is 0 Å². The third kappa shape index (κ3) is 3.35. The third-order valence-electron chi connectivity index (χ3n) is 3.47. The molecule has 1 saturated carbocycles. The maximum Gasteiger partial charge on any atom is 0.240 e. The van der Waals surface area contributed by atoms with Gasteiger partial charge in [-0.2, -0.15) is 0 Å². The summed E-state index contributed by atoms with van der Waals surface area (Å²) in [6, 6.07) is 6.84. The van der Waals surface area contributed by atoms with Crippen LogP contribution in [-0.4, -0.2) is 25.7 Å². The van der Waals surface area contributed by atoms with Crippen molar-refractivity contribution in [3.63, 3.8) is 0 Å². The average Bonchev–Trinajstić information content (AvgIpc) is 2.26. The number of benzene rings is 1. The quantitative estimate of drug-likeness (QED) is 0.888. The fraction of sp³-hybridized carbons (Fsp3) is 0.571. The zero-order chi connectivity index (χ0) is 14.3. The Morgan fingerprint density at radius 2 is 1.68 bits per heavy atom. The molecule has 0 aliphatic heterocycles. The van der Waals surface area contributed by atoms with Crippen LogP contribution in [0.1, 0.15) is 39.2 Å². The van der Waals surface area contributed by atoms with E-state index >= 15 is 0 Å². The first-order valence-electron chi connectivity index (χ1n) is 6.49.